The van der Waals surface area contributed by atoms with Crippen LogP contribution in [0.1, 0.15) is 55.8 Å². The number of likely N-dealkylation sites (tertiary alicyclic amines) is 1. The normalized spacial score (nSPS) is 18.4. The predicted molar refractivity (Wildman–Crippen MR) is 87.4 cm³/mol. The summed E-state index contributed by atoms with van der Waals surface area (Å²) in [6.45, 7) is 10.2. The number of aryl methyl sites for hydroxylation is 2. The van der Waals surface area contributed by atoms with Crippen LogP contribution in [0.25, 0.3) is 0 Å². The third-order valence-corrected chi connectivity index (χ3v) is 4.43. The first-order valence-electron chi connectivity index (χ1n) is 8.11. The molecule has 0 aromatic heterocycles. The lowest BCUT2D eigenvalue weighted by atomic mass is 9.99. The molecule has 2 atom stereocenters. The average Bonchev–Trinajstić information content (AvgIpc) is 2.47. The van der Waals surface area contributed by atoms with Gasteiger partial charge in [-0.15, -0.1) is 0 Å². The largest absolute Gasteiger partial charge is 0.341 e. The fourth-order valence-electron chi connectivity index (χ4n) is 3.24. The molecule has 1 amide bonds. The van der Waals surface area contributed by atoms with Crippen LogP contribution < -0.4 is 5.32 Å². The highest BCUT2D eigenvalue weighted by Crippen LogP contribution is 2.19. The smallest absolute Gasteiger partial charge is 0.239 e. The third-order valence-electron chi connectivity index (χ3n) is 4.43. The van der Waals surface area contributed by atoms with Crippen LogP contribution in [0.2, 0.25) is 0 Å². The fourth-order valence-corrected chi connectivity index (χ4v) is 3.24. The lowest BCUT2D eigenvalue weighted by molar-refractivity contribution is -0.134. The van der Waals surface area contributed by atoms with Crippen LogP contribution in [0.15, 0.2) is 18.2 Å². The van der Waals surface area contributed by atoms with Gasteiger partial charge >= 0.3 is 0 Å². The van der Waals surface area contributed by atoms with Gasteiger partial charge in [0.05, 0.1) is 6.04 Å². The van der Waals surface area contributed by atoms with Crippen LogP contribution in [-0.2, 0) is 4.79 Å². The second-order valence-electron chi connectivity index (χ2n) is 6.36. The maximum absolute atomic E-state index is 12.5. The van der Waals surface area contributed by atoms with Crippen LogP contribution in [0.4, 0.5) is 0 Å². The molecule has 1 aliphatic heterocycles. The Morgan fingerprint density at radius 1 is 1.14 bits per heavy atom. The van der Waals surface area contributed by atoms with Crippen molar-refractivity contribution in [2.45, 2.75) is 59.0 Å². The Kier molecular flexibility index (Phi) is 5.40. The molecule has 2 unspecified atom stereocenters. The first-order chi connectivity index (χ1) is 9.99. The Balaban J connectivity index is 1.97. The van der Waals surface area contributed by atoms with Crippen LogP contribution in [0, 0.1) is 13.8 Å². The average molecular weight is 288 g/mol. The highest BCUT2D eigenvalue weighted by atomic mass is 16.2. The van der Waals surface area contributed by atoms with E-state index in [1.165, 1.54) is 23.1 Å². The van der Waals surface area contributed by atoms with Gasteiger partial charge in [0.1, 0.15) is 0 Å². The number of piperidine rings is 1. The van der Waals surface area contributed by atoms with Crippen molar-refractivity contribution >= 4 is 5.91 Å². The number of carbonyl (C=O) groups excluding carboxylic acids is 1. The van der Waals surface area contributed by atoms with Crippen molar-refractivity contribution < 1.29 is 4.79 Å². The lowest BCUT2D eigenvalue weighted by Crippen LogP contribution is -2.47. The number of rotatable bonds is 4. The minimum absolute atomic E-state index is 0.126. The van der Waals surface area contributed by atoms with Crippen molar-refractivity contribution in [2.75, 3.05) is 13.1 Å². The SMILES string of the molecule is Cc1ccc(C(C)NC(C)C(=O)N2CCCCC2)c(C)c1. The number of hydrogen-bond donors (Lipinski definition) is 1. The lowest BCUT2D eigenvalue weighted by Gasteiger charge is -2.31. The van der Waals surface area contributed by atoms with Crippen molar-refractivity contribution in [1.29, 1.82) is 0 Å². The summed E-state index contributed by atoms with van der Waals surface area (Å²) in [5, 5.41) is 3.46. The summed E-state index contributed by atoms with van der Waals surface area (Å²) < 4.78 is 0. The minimum Gasteiger partial charge on any atom is -0.341 e. The number of amides is 1. The van der Waals surface area contributed by atoms with E-state index in [0.717, 1.165) is 25.9 Å². The van der Waals surface area contributed by atoms with Gasteiger partial charge in [0, 0.05) is 19.1 Å². The zero-order chi connectivity index (χ0) is 15.4. The van der Waals surface area contributed by atoms with Crippen molar-refractivity contribution in [1.82, 2.24) is 10.2 Å². The highest BCUT2D eigenvalue weighted by molar-refractivity contribution is 5.81. The Labute approximate surface area is 128 Å². The molecule has 116 valence electrons. The summed E-state index contributed by atoms with van der Waals surface area (Å²) in [7, 11) is 0. The van der Waals surface area contributed by atoms with Crippen LogP contribution in [0.3, 0.4) is 0 Å². The zero-order valence-electron chi connectivity index (χ0n) is 13.8. The molecule has 0 aliphatic carbocycles. The summed E-state index contributed by atoms with van der Waals surface area (Å²) in [5.74, 6) is 0.242. The molecule has 0 radical (unpaired) electrons. The molecule has 1 saturated heterocycles. The Morgan fingerprint density at radius 3 is 2.43 bits per heavy atom. The van der Waals surface area contributed by atoms with Crippen molar-refractivity contribution in [2.24, 2.45) is 0 Å². The van der Waals surface area contributed by atoms with Gasteiger partial charge in [0.15, 0.2) is 0 Å². The predicted octanol–water partition coefficient (Wildman–Crippen LogP) is 3.36. The first kappa shape index (κ1) is 16.0. The molecule has 2 rings (SSSR count). The van der Waals surface area contributed by atoms with Crippen LogP contribution >= 0.6 is 0 Å². The molecule has 0 spiro atoms. The maximum Gasteiger partial charge on any atom is 0.239 e. The molecule has 0 bridgehead atoms. The summed E-state index contributed by atoms with van der Waals surface area (Å²) >= 11 is 0. The van der Waals surface area contributed by atoms with Crippen LogP contribution in [0.5, 0.6) is 0 Å². The molecule has 21 heavy (non-hydrogen) atoms. The van der Waals surface area contributed by atoms with Gasteiger partial charge < -0.3 is 4.90 Å². The van der Waals surface area contributed by atoms with E-state index in [0.29, 0.717) is 0 Å². The van der Waals surface area contributed by atoms with Crippen LogP contribution in [-0.4, -0.2) is 29.9 Å². The van der Waals surface area contributed by atoms with Gasteiger partial charge in [-0.05, 0) is 58.1 Å². The standard InChI is InChI=1S/C18H28N2O/c1-13-8-9-17(14(2)12-13)15(3)19-16(4)18(21)20-10-6-5-7-11-20/h8-9,12,15-16,19H,5-7,10-11H2,1-4H3. The van der Waals surface area contributed by atoms with Crippen molar-refractivity contribution in [3.63, 3.8) is 0 Å². The third kappa shape index (κ3) is 4.07. The molecule has 1 N–H and O–H groups in total. The quantitative estimate of drug-likeness (QED) is 0.921. The molecule has 1 fully saturated rings. The topological polar surface area (TPSA) is 32.3 Å². The van der Waals surface area contributed by atoms with E-state index in [9.17, 15) is 4.79 Å². The second-order valence-corrected chi connectivity index (χ2v) is 6.36. The van der Waals surface area contributed by atoms with E-state index >= 15 is 0 Å². The van der Waals surface area contributed by atoms with E-state index in [4.69, 9.17) is 0 Å². The Bertz CT molecular complexity index is 492. The highest BCUT2D eigenvalue weighted by Gasteiger charge is 2.23. The second kappa shape index (κ2) is 7.08. The maximum atomic E-state index is 12.5. The number of benzene rings is 1. The van der Waals surface area contributed by atoms with Gasteiger partial charge in [-0.1, -0.05) is 23.8 Å². The summed E-state index contributed by atoms with van der Waals surface area (Å²) in [6, 6.07) is 6.57. The minimum atomic E-state index is -0.126. The molecule has 3 heteroatoms. The number of nitrogens with zero attached hydrogens (tertiary/aromatic N) is 1. The monoisotopic (exact) mass is 288 g/mol. The molecule has 1 aromatic rings. The fraction of sp³-hybridized carbons (Fsp3) is 0.611. The van der Waals surface area contributed by atoms with E-state index in [1.54, 1.807) is 0 Å². The van der Waals surface area contributed by atoms with Gasteiger partial charge in [-0.3, -0.25) is 10.1 Å². The summed E-state index contributed by atoms with van der Waals surface area (Å²) in [6.07, 6.45) is 3.54. The van der Waals surface area contributed by atoms with E-state index in [2.05, 4.69) is 44.3 Å². The van der Waals surface area contributed by atoms with Gasteiger partial charge in [-0.2, -0.15) is 0 Å². The number of carbonyl (C=O) groups is 1. The Hall–Kier alpha value is -1.35. The van der Waals surface area contributed by atoms with Crippen molar-refractivity contribution in [3.8, 4) is 0 Å². The Morgan fingerprint density at radius 2 is 1.81 bits per heavy atom. The first-order valence-corrected chi connectivity index (χ1v) is 8.11. The molecule has 1 aromatic carbocycles. The molecule has 1 aliphatic rings. The van der Waals surface area contributed by atoms with Gasteiger partial charge in [0.2, 0.25) is 5.91 Å². The van der Waals surface area contributed by atoms with E-state index in [1.807, 2.05) is 11.8 Å². The van der Waals surface area contributed by atoms with Gasteiger partial charge in [-0.25, -0.2) is 0 Å². The zero-order valence-corrected chi connectivity index (χ0v) is 13.8. The molecular weight excluding hydrogens is 260 g/mol. The molecule has 0 saturated carbocycles. The summed E-state index contributed by atoms with van der Waals surface area (Å²) in [5.41, 5.74) is 3.84. The summed E-state index contributed by atoms with van der Waals surface area (Å²) in [4.78, 5) is 14.5. The van der Waals surface area contributed by atoms with E-state index in [-0.39, 0.29) is 18.0 Å². The molecule has 3 nitrogen and oxygen atoms in total. The molecule has 1 heterocycles. The number of nitrogens with one attached hydrogen (secondary N) is 1. The van der Waals surface area contributed by atoms with E-state index < -0.39 is 0 Å². The van der Waals surface area contributed by atoms with Gasteiger partial charge in [0.25, 0.3) is 0 Å². The number of hydrogen-bond acceptors (Lipinski definition) is 2. The molecular formula is C18H28N2O. The van der Waals surface area contributed by atoms with Crippen molar-refractivity contribution in [3.05, 3.63) is 34.9 Å².